The van der Waals surface area contributed by atoms with Crippen molar-refractivity contribution in [3.05, 3.63) is 120 Å². The van der Waals surface area contributed by atoms with Crippen molar-refractivity contribution < 1.29 is 12.0 Å². The van der Waals surface area contributed by atoms with Crippen LogP contribution in [0.5, 0.6) is 0 Å². The Balaban J connectivity index is 2.09. The van der Waals surface area contributed by atoms with E-state index in [4.69, 9.17) is 3.63 Å². The first-order valence-electron chi connectivity index (χ1n) is 10.4. The van der Waals surface area contributed by atoms with Crippen LogP contribution >= 0.6 is 10.3 Å². The molecule has 0 unspecified atom stereocenters. The average Bonchev–Trinajstić information content (AvgIpc) is 2.83. The van der Waals surface area contributed by atoms with Gasteiger partial charge in [-0.3, -0.25) is 0 Å². The second-order valence-corrected chi connectivity index (χ2v) is 12.1. The molecule has 0 bridgehead atoms. The maximum absolute atomic E-state index is 13.6. The minimum absolute atomic E-state index is 0.144. The molecule has 4 rings (SSSR count). The van der Waals surface area contributed by atoms with Gasteiger partial charge in [0, 0.05) is 14.7 Å². The Kier molecular flexibility index (Phi) is 6.24. The van der Waals surface area contributed by atoms with Gasteiger partial charge in [-0.15, -0.1) is 0 Å². The summed E-state index contributed by atoms with van der Waals surface area (Å²) >= 11 is 0. The van der Waals surface area contributed by atoms with Crippen molar-refractivity contribution in [2.24, 2.45) is 0 Å². The van der Waals surface area contributed by atoms with E-state index in [9.17, 15) is 8.42 Å². The van der Waals surface area contributed by atoms with Gasteiger partial charge in [0.1, 0.15) is 0 Å². The largest absolute Gasteiger partial charge is 0.307 e. The predicted octanol–water partition coefficient (Wildman–Crippen LogP) is 7.21. The summed E-state index contributed by atoms with van der Waals surface area (Å²) in [5.41, 5.74) is 3.33. The first-order chi connectivity index (χ1) is 15.4. The van der Waals surface area contributed by atoms with Gasteiger partial charge in [0.15, 0.2) is 0 Å². The Hall–Kier alpha value is -2.86. The lowest BCUT2D eigenvalue weighted by Crippen LogP contribution is -2.15. The maximum atomic E-state index is 13.6. The summed E-state index contributed by atoms with van der Waals surface area (Å²) < 4.78 is 33.7. The van der Waals surface area contributed by atoms with Crippen molar-refractivity contribution in [3.8, 4) is 0 Å². The third kappa shape index (κ3) is 3.99. The molecule has 0 N–H and O–H groups in total. The fraction of sp³-hybridized carbons (Fsp3) is 0.111. The Labute approximate surface area is 192 Å². The Morgan fingerprint density at radius 2 is 0.969 bits per heavy atom. The highest BCUT2D eigenvalue weighted by molar-refractivity contribution is 8.33. The second-order valence-electron chi connectivity index (χ2n) is 7.65. The lowest BCUT2D eigenvalue weighted by molar-refractivity contribution is 0.508. The van der Waals surface area contributed by atoms with Gasteiger partial charge in [-0.05, 0) is 90.2 Å². The minimum Gasteiger partial charge on any atom is -0.203 e. The van der Waals surface area contributed by atoms with Gasteiger partial charge >= 0.3 is 10.1 Å². The molecule has 164 valence electrons. The Morgan fingerprint density at radius 3 is 1.44 bits per heavy atom. The molecule has 0 aliphatic heterocycles. The summed E-state index contributed by atoms with van der Waals surface area (Å²) in [6.45, 7) is 6.18. The Morgan fingerprint density at radius 1 is 0.531 bits per heavy atom. The van der Waals surface area contributed by atoms with Crippen molar-refractivity contribution in [1.82, 2.24) is 0 Å². The molecule has 0 fully saturated rings. The molecule has 0 spiro atoms. The van der Waals surface area contributed by atoms with Gasteiger partial charge in [-0.1, -0.05) is 60.7 Å². The van der Waals surface area contributed by atoms with Crippen molar-refractivity contribution in [2.75, 3.05) is 0 Å². The van der Waals surface area contributed by atoms with Crippen LogP contribution in [-0.4, -0.2) is 8.42 Å². The quantitative estimate of drug-likeness (QED) is 0.304. The third-order valence-corrected chi connectivity index (χ3v) is 11.0. The minimum atomic E-state index is -4.07. The van der Waals surface area contributed by atoms with E-state index in [1.54, 1.807) is 30.3 Å². The molecule has 5 heteroatoms. The number of rotatable bonds is 6. The van der Waals surface area contributed by atoms with Gasteiger partial charge in [0.25, 0.3) is 0 Å². The number of hydrogen-bond acceptors (Lipinski definition) is 3. The number of benzene rings is 4. The number of aryl methyl sites for hydroxylation is 1. The second kappa shape index (κ2) is 8.94. The molecule has 0 aliphatic carbocycles. The molecule has 0 amide bonds. The van der Waals surface area contributed by atoms with E-state index in [0.29, 0.717) is 0 Å². The van der Waals surface area contributed by atoms with Gasteiger partial charge in [-0.2, -0.15) is 8.42 Å². The summed E-state index contributed by atoms with van der Waals surface area (Å²) in [7, 11) is -6.66. The van der Waals surface area contributed by atoms with E-state index < -0.39 is 20.4 Å². The number of hydrogen-bond donors (Lipinski definition) is 0. The molecular weight excluding hydrogens is 436 g/mol. The summed E-state index contributed by atoms with van der Waals surface area (Å²) in [4.78, 5) is 2.69. The van der Waals surface area contributed by atoms with Gasteiger partial charge in [0.2, 0.25) is 0 Å². The monoisotopic (exact) mass is 462 g/mol. The fourth-order valence-electron chi connectivity index (χ4n) is 3.73. The van der Waals surface area contributed by atoms with Crippen LogP contribution < -0.4 is 0 Å². The van der Waals surface area contributed by atoms with Crippen molar-refractivity contribution in [3.63, 3.8) is 0 Å². The van der Waals surface area contributed by atoms with E-state index in [0.717, 1.165) is 31.4 Å². The van der Waals surface area contributed by atoms with Crippen LogP contribution in [-0.2, 0) is 13.7 Å². The highest BCUT2D eigenvalue weighted by Crippen LogP contribution is 2.71. The molecular formula is C27H26O3S2. The molecule has 0 saturated carbocycles. The first kappa shape index (κ1) is 22.3. The third-order valence-electron chi connectivity index (χ3n) is 5.69. The van der Waals surface area contributed by atoms with Crippen LogP contribution in [0.2, 0.25) is 0 Å². The molecule has 32 heavy (non-hydrogen) atoms. The maximum Gasteiger partial charge on any atom is 0.307 e. The highest BCUT2D eigenvalue weighted by atomic mass is 32.3. The van der Waals surface area contributed by atoms with Crippen molar-refractivity contribution >= 4 is 20.4 Å². The van der Waals surface area contributed by atoms with Crippen LogP contribution in [0.15, 0.2) is 123 Å². The summed E-state index contributed by atoms with van der Waals surface area (Å²) in [5, 5.41) is 0. The van der Waals surface area contributed by atoms with Crippen LogP contribution in [0, 0.1) is 20.8 Å². The predicted molar refractivity (Wildman–Crippen MR) is 131 cm³/mol. The lowest BCUT2D eigenvalue weighted by atomic mass is 10.1. The molecule has 0 saturated heterocycles. The fourth-order valence-corrected chi connectivity index (χ4v) is 9.24. The topological polar surface area (TPSA) is 43.4 Å². The zero-order chi connectivity index (χ0) is 22.8. The van der Waals surface area contributed by atoms with Crippen LogP contribution in [0.4, 0.5) is 0 Å². The van der Waals surface area contributed by atoms with Crippen LogP contribution in [0.1, 0.15) is 16.7 Å². The lowest BCUT2D eigenvalue weighted by Gasteiger charge is -2.40. The SMILES string of the molecule is Cc1ccc(S(OS(=O)(=O)c2ccccc2)(c2ccccc2)c2ccccc2)c(C)c1C. The zero-order valence-electron chi connectivity index (χ0n) is 18.4. The molecule has 4 aromatic rings. The van der Waals surface area contributed by atoms with Crippen molar-refractivity contribution in [1.29, 1.82) is 0 Å². The molecule has 0 aromatic heterocycles. The zero-order valence-corrected chi connectivity index (χ0v) is 20.0. The molecule has 0 heterocycles. The molecule has 4 aromatic carbocycles. The highest BCUT2D eigenvalue weighted by Gasteiger charge is 2.39. The summed E-state index contributed by atoms with van der Waals surface area (Å²) in [6.07, 6.45) is 0. The molecule has 0 aliphatic rings. The van der Waals surface area contributed by atoms with Gasteiger partial charge in [0.05, 0.1) is 4.90 Å². The Bertz CT molecular complexity index is 1280. The van der Waals surface area contributed by atoms with E-state index in [1.807, 2.05) is 79.7 Å². The summed E-state index contributed by atoms with van der Waals surface area (Å²) in [6, 6.07) is 31.8. The van der Waals surface area contributed by atoms with Crippen molar-refractivity contribution in [2.45, 2.75) is 40.4 Å². The summed E-state index contributed by atoms with van der Waals surface area (Å²) in [5.74, 6) is 0. The van der Waals surface area contributed by atoms with E-state index in [2.05, 4.69) is 13.8 Å². The van der Waals surface area contributed by atoms with E-state index in [-0.39, 0.29) is 4.90 Å². The van der Waals surface area contributed by atoms with Crippen LogP contribution in [0.25, 0.3) is 0 Å². The van der Waals surface area contributed by atoms with Crippen LogP contribution in [0.3, 0.4) is 0 Å². The smallest absolute Gasteiger partial charge is 0.203 e. The van der Waals surface area contributed by atoms with Gasteiger partial charge in [-0.25, -0.2) is 3.63 Å². The van der Waals surface area contributed by atoms with E-state index in [1.165, 1.54) is 0 Å². The average molecular weight is 463 g/mol. The molecule has 3 nitrogen and oxygen atoms in total. The normalized spacial score (nSPS) is 12.5. The molecule has 0 radical (unpaired) electrons. The van der Waals surface area contributed by atoms with E-state index >= 15 is 0 Å². The first-order valence-corrected chi connectivity index (χ1v) is 13.3. The molecule has 0 atom stereocenters. The standard InChI is InChI=1S/C27H26O3S2/c1-21-19-20-27(23(3)22(21)2)31(24-13-7-4-8-14-24,25-15-9-5-10-16-25)30-32(28,29)26-17-11-6-12-18-26/h4-20H,1-3H3. The van der Waals surface area contributed by atoms with Gasteiger partial charge < -0.3 is 0 Å².